The molecule has 0 aliphatic carbocycles. The van der Waals surface area contributed by atoms with Gasteiger partial charge in [-0.1, -0.05) is 20.3 Å². The van der Waals surface area contributed by atoms with Crippen molar-refractivity contribution < 1.29 is 9.53 Å². The highest BCUT2D eigenvalue weighted by molar-refractivity contribution is 5.48. The third-order valence-electron chi connectivity index (χ3n) is 2.69. The SMILES string of the molecule is CCC=O.CCCC1CCNCC1OC. The predicted octanol–water partition coefficient (Wildman–Crippen LogP) is 2.01. The molecule has 3 nitrogen and oxygen atoms in total. The third kappa shape index (κ3) is 6.63. The Morgan fingerprint density at radius 3 is 2.60 bits per heavy atom. The average molecular weight is 215 g/mol. The first-order valence-electron chi connectivity index (χ1n) is 5.97. The van der Waals surface area contributed by atoms with Crippen LogP contribution in [-0.2, 0) is 9.53 Å². The van der Waals surface area contributed by atoms with Crippen molar-refractivity contribution >= 4 is 6.29 Å². The van der Waals surface area contributed by atoms with Gasteiger partial charge in [-0.3, -0.25) is 0 Å². The fraction of sp³-hybridized carbons (Fsp3) is 0.917. The van der Waals surface area contributed by atoms with E-state index < -0.39 is 0 Å². The van der Waals surface area contributed by atoms with E-state index in [2.05, 4.69) is 12.2 Å². The Balaban J connectivity index is 0.000000423. The molecule has 1 aliphatic rings. The number of nitrogens with one attached hydrogen (secondary N) is 1. The molecule has 1 saturated heterocycles. The fourth-order valence-electron chi connectivity index (χ4n) is 1.86. The van der Waals surface area contributed by atoms with Crippen molar-refractivity contribution in [1.82, 2.24) is 5.32 Å². The van der Waals surface area contributed by atoms with E-state index in [-0.39, 0.29) is 0 Å². The fourth-order valence-corrected chi connectivity index (χ4v) is 1.86. The van der Waals surface area contributed by atoms with Gasteiger partial charge in [-0.15, -0.1) is 0 Å². The maximum Gasteiger partial charge on any atom is 0.119 e. The zero-order chi connectivity index (χ0) is 11.5. The van der Waals surface area contributed by atoms with Crippen LogP contribution in [0.5, 0.6) is 0 Å². The van der Waals surface area contributed by atoms with Gasteiger partial charge >= 0.3 is 0 Å². The van der Waals surface area contributed by atoms with Gasteiger partial charge in [0.15, 0.2) is 0 Å². The summed E-state index contributed by atoms with van der Waals surface area (Å²) < 4.78 is 5.39. The van der Waals surface area contributed by atoms with Gasteiger partial charge in [0.25, 0.3) is 0 Å². The van der Waals surface area contributed by atoms with E-state index in [1.165, 1.54) is 25.8 Å². The largest absolute Gasteiger partial charge is 0.380 e. The summed E-state index contributed by atoms with van der Waals surface area (Å²) in [5.41, 5.74) is 0. The molecule has 1 heterocycles. The van der Waals surface area contributed by atoms with Crippen molar-refractivity contribution in [2.45, 2.75) is 45.6 Å². The quantitative estimate of drug-likeness (QED) is 0.729. The Labute approximate surface area is 93.6 Å². The minimum atomic E-state index is 0.462. The molecule has 1 aliphatic heterocycles. The smallest absolute Gasteiger partial charge is 0.119 e. The minimum Gasteiger partial charge on any atom is -0.380 e. The molecular formula is C12H25NO2. The first-order chi connectivity index (χ1) is 7.29. The van der Waals surface area contributed by atoms with Crippen LogP contribution in [-0.4, -0.2) is 32.6 Å². The molecule has 0 bridgehead atoms. The number of carbonyl (C=O) groups excluding carboxylic acids is 1. The van der Waals surface area contributed by atoms with Gasteiger partial charge in [-0.2, -0.15) is 0 Å². The Kier molecular flexibility index (Phi) is 9.84. The molecule has 0 radical (unpaired) electrons. The lowest BCUT2D eigenvalue weighted by Crippen LogP contribution is -2.41. The third-order valence-corrected chi connectivity index (χ3v) is 2.69. The van der Waals surface area contributed by atoms with Crippen LogP contribution in [0.1, 0.15) is 39.5 Å². The Hall–Kier alpha value is -0.410. The maximum absolute atomic E-state index is 9.17. The number of rotatable bonds is 4. The number of carbonyl (C=O) groups is 1. The van der Waals surface area contributed by atoms with E-state index in [0.29, 0.717) is 12.5 Å². The number of aldehydes is 1. The van der Waals surface area contributed by atoms with Crippen LogP contribution < -0.4 is 5.32 Å². The molecule has 90 valence electrons. The summed E-state index contributed by atoms with van der Waals surface area (Å²) in [5.74, 6) is 0.797. The highest BCUT2D eigenvalue weighted by atomic mass is 16.5. The molecule has 0 amide bonds. The maximum atomic E-state index is 9.17. The standard InChI is InChI=1S/C9H19NO.C3H6O/c1-3-4-8-5-6-10-7-9(8)11-2;1-2-3-4/h8-10H,3-7H2,1-2H3;3H,2H2,1H3. The number of piperidine rings is 1. The van der Waals surface area contributed by atoms with Crippen LogP contribution in [0.15, 0.2) is 0 Å². The van der Waals surface area contributed by atoms with Crippen LogP contribution in [0, 0.1) is 5.92 Å². The molecule has 0 aromatic rings. The van der Waals surface area contributed by atoms with Gasteiger partial charge in [0, 0.05) is 20.1 Å². The van der Waals surface area contributed by atoms with Crippen molar-refractivity contribution in [2.75, 3.05) is 20.2 Å². The highest BCUT2D eigenvalue weighted by Crippen LogP contribution is 2.20. The van der Waals surface area contributed by atoms with Crippen molar-refractivity contribution in [3.63, 3.8) is 0 Å². The van der Waals surface area contributed by atoms with Gasteiger partial charge in [0.2, 0.25) is 0 Å². The molecule has 2 unspecified atom stereocenters. The predicted molar refractivity (Wildman–Crippen MR) is 63.0 cm³/mol. The number of hydrogen-bond acceptors (Lipinski definition) is 3. The zero-order valence-electron chi connectivity index (χ0n) is 10.3. The van der Waals surface area contributed by atoms with E-state index in [9.17, 15) is 4.79 Å². The number of ether oxygens (including phenoxy) is 1. The Bertz CT molecular complexity index is 149. The first kappa shape index (κ1) is 14.6. The van der Waals surface area contributed by atoms with Crippen LogP contribution in [0.2, 0.25) is 0 Å². The van der Waals surface area contributed by atoms with Crippen LogP contribution in [0.3, 0.4) is 0 Å². The van der Waals surface area contributed by atoms with Gasteiger partial charge in [0.05, 0.1) is 6.10 Å². The molecule has 1 rings (SSSR count). The molecule has 15 heavy (non-hydrogen) atoms. The van der Waals surface area contributed by atoms with Crippen LogP contribution >= 0.6 is 0 Å². The Morgan fingerprint density at radius 2 is 2.13 bits per heavy atom. The summed E-state index contributed by atoms with van der Waals surface area (Å²) in [5, 5.41) is 3.35. The summed E-state index contributed by atoms with van der Waals surface area (Å²) in [4.78, 5) is 9.17. The molecule has 1 N–H and O–H groups in total. The van der Waals surface area contributed by atoms with E-state index in [4.69, 9.17) is 4.74 Å². The molecule has 0 saturated carbocycles. The van der Waals surface area contributed by atoms with Crippen molar-refractivity contribution in [3.05, 3.63) is 0 Å². The number of hydrogen-bond donors (Lipinski definition) is 1. The molecule has 2 atom stereocenters. The molecule has 0 aromatic carbocycles. The zero-order valence-corrected chi connectivity index (χ0v) is 10.3. The van der Waals surface area contributed by atoms with E-state index >= 15 is 0 Å². The topological polar surface area (TPSA) is 38.3 Å². The molecule has 0 aromatic heterocycles. The van der Waals surface area contributed by atoms with Crippen molar-refractivity contribution in [3.8, 4) is 0 Å². The normalized spacial score (nSPS) is 25.3. The summed E-state index contributed by atoms with van der Waals surface area (Å²) in [7, 11) is 1.82. The van der Waals surface area contributed by atoms with E-state index in [1.54, 1.807) is 0 Å². The first-order valence-corrected chi connectivity index (χ1v) is 5.97. The molecule has 0 spiro atoms. The van der Waals surface area contributed by atoms with Gasteiger partial charge in [-0.05, 0) is 25.3 Å². The molecule has 3 heteroatoms. The van der Waals surface area contributed by atoms with Crippen LogP contribution in [0.4, 0.5) is 0 Å². The van der Waals surface area contributed by atoms with Gasteiger partial charge in [0.1, 0.15) is 6.29 Å². The van der Waals surface area contributed by atoms with Crippen molar-refractivity contribution in [1.29, 1.82) is 0 Å². The average Bonchev–Trinajstić information content (AvgIpc) is 2.30. The summed E-state index contributed by atoms with van der Waals surface area (Å²) in [6.45, 7) is 6.27. The molecular weight excluding hydrogens is 190 g/mol. The second-order valence-electron chi connectivity index (χ2n) is 3.89. The summed E-state index contributed by atoms with van der Waals surface area (Å²) >= 11 is 0. The highest BCUT2D eigenvalue weighted by Gasteiger charge is 2.23. The summed E-state index contributed by atoms with van der Waals surface area (Å²) in [6.07, 6.45) is 5.86. The van der Waals surface area contributed by atoms with Gasteiger partial charge < -0.3 is 14.8 Å². The lowest BCUT2D eigenvalue weighted by atomic mass is 9.91. The lowest BCUT2D eigenvalue weighted by molar-refractivity contribution is -0.107. The molecule has 1 fully saturated rings. The van der Waals surface area contributed by atoms with Crippen molar-refractivity contribution in [2.24, 2.45) is 5.92 Å². The second-order valence-corrected chi connectivity index (χ2v) is 3.89. The van der Waals surface area contributed by atoms with E-state index in [1.807, 2.05) is 14.0 Å². The lowest BCUT2D eigenvalue weighted by Gasteiger charge is -2.30. The van der Waals surface area contributed by atoms with Gasteiger partial charge in [-0.25, -0.2) is 0 Å². The summed E-state index contributed by atoms with van der Waals surface area (Å²) in [6, 6.07) is 0. The minimum absolute atomic E-state index is 0.462. The van der Waals surface area contributed by atoms with E-state index in [0.717, 1.165) is 18.7 Å². The van der Waals surface area contributed by atoms with Crippen LogP contribution in [0.25, 0.3) is 0 Å². The second kappa shape index (κ2) is 10.1. The number of methoxy groups -OCH3 is 1. The monoisotopic (exact) mass is 215 g/mol. The Morgan fingerprint density at radius 1 is 1.47 bits per heavy atom.